The highest BCUT2D eigenvalue weighted by Crippen LogP contribution is 2.08. The van der Waals surface area contributed by atoms with Crippen LogP contribution in [-0.2, 0) is 6.54 Å². The maximum Gasteiger partial charge on any atom is 0.267 e. The molecule has 0 spiro atoms. The van der Waals surface area contributed by atoms with Crippen molar-refractivity contribution in [1.29, 1.82) is 0 Å². The van der Waals surface area contributed by atoms with Gasteiger partial charge in [-0.25, -0.2) is 4.98 Å². The number of aromatic nitrogens is 2. The number of hydrogen-bond donors (Lipinski definition) is 0. The third-order valence-corrected chi connectivity index (χ3v) is 3.73. The Balaban J connectivity index is 2.32. The Bertz CT molecular complexity index is 415. The van der Waals surface area contributed by atoms with Crippen LogP contribution < -0.4 is 5.56 Å². The molecule has 1 heterocycles. The van der Waals surface area contributed by atoms with E-state index in [0.717, 1.165) is 18.8 Å². The molecular formula is C14H23BrN2O. The first-order chi connectivity index (χ1) is 8.66. The Labute approximate surface area is 118 Å². The average Bonchev–Trinajstić information content (AvgIpc) is 2.36. The summed E-state index contributed by atoms with van der Waals surface area (Å²) in [6.07, 6.45) is 10.4. The zero-order chi connectivity index (χ0) is 13.4. The first-order valence-corrected chi connectivity index (χ1v) is 7.68. The molecule has 0 amide bonds. The third kappa shape index (κ3) is 4.92. The summed E-state index contributed by atoms with van der Waals surface area (Å²) in [5.74, 6) is 0.800. The first kappa shape index (κ1) is 15.4. The number of rotatable bonds is 8. The van der Waals surface area contributed by atoms with Gasteiger partial charge in [0.2, 0.25) is 0 Å². The van der Waals surface area contributed by atoms with Crippen LogP contribution in [0, 0.1) is 6.92 Å². The van der Waals surface area contributed by atoms with Gasteiger partial charge in [-0.2, -0.15) is 0 Å². The van der Waals surface area contributed by atoms with Gasteiger partial charge < -0.3 is 0 Å². The molecule has 0 fully saturated rings. The third-order valence-electron chi connectivity index (χ3n) is 3.19. The van der Waals surface area contributed by atoms with Gasteiger partial charge in [0.25, 0.3) is 5.56 Å². The van der Waals surface area contributed by atoms with Gasteiger partial charge in [0, 0.05) is 12.7 Å². The fraction of sp³-hybridized carbons (Fsp3) is 0.714. The Morgan fingerprint density at radius 2 is 1.78 bits per heavy atom. The van der Waals surface area contributed by atoms with Crippen molar-refractivity contribution in [1.82, 2.24) is 9.55 Å². The standard InChI is InChI=1S/C14H23BrN2O/c1-3-4-5-6-7-8-9-10-17-12(2)16-11-13(15)14(17)18/h11H,3-10H2,1-2H3. The lowest BCUT2D eigenvalue weighted by molar-refractivity contribution is 0.530. The minimum absolute atomic E-state index is 0.0356. The molecule has 3 nitrogen and oxygen atoms in total. The fourth-order valence-electron chi connectivity index (χ4n) is 2.04. The highest BCUT2D eigenvalue weighted by Gasteiger charge is 2.04. The zero-order valence-corrected chi connectivity index (χ0v) is 13.0. The molecular weight excluding hydrogens is 292 g/mol. The molecule has 0 aromatic carbocycles. The molecule has 0 aliphatic heterocycles. The Kier molecular flexibility index (Phi) is 7.25. The van der Waals surface area contributed by atoms with Gasteiger partial charge >= 0.3 is 0 Å². The highest BCUT2D eigenvalue weighted by atomic mass is 79.9. The summed E-state index contributed by atoms with van der Waals surface area (Å²) in [5, 5.41) is 0. The van der Waals surface area contributed by atoms with Gasteiger partial charge in [0.1, 0.15) is 10.3 Å². The lowest BCUT2D eigenvalue weighted by Crippen LogP contribution is -2.24. The van der Waals surface area contributed by atoms with E-state index in [2.05, 4.69) is 27.8 Å². The first-order valence-electron chi connectivity index (χ1n) is 6.88. The molecule has 0 aliphatic rings. The van der Waals surface area contributed by atoms with Crippen molar-refractivity contribution in [2.75, 3.05) is 0 Å². The van der Waals surface area contributed by atoms with E-state index in [1.54, 1.807) is 10.8 Å². The Morgan fingerprint density at radius 1 is 1.17 bits per heavy atom. The lowest BCUT2D eigenvalue weighted by Gasteiger charge is -2.09. The van der Waals surface area contributed by atoms with Gasteiger partial charge in [0.15, 0.2) is 0 Å². The van der Waals surface area contributed by atoms with Gasteiger partial charge in [-0.05, 0) is 29.3 Å². The minimum Gasteiger partial charge on any atom is -0.296 e. The maximum atomic E-state index is 11.9. The smallest absolute Gasteiger partial charge is 0.267 e. The van der Waals surface area contributed by atoms with Crippen molar-refractivity contribution >= 4 is 15.9 Å². The molecule has 0 N–H and O–H groups in total. The van der Waals surface area contributed by atoms with Crippen LogP contribution in [0.4, 0.5) is 0 Å². The summed E-state index contributed by atoms with van der Waals surface area (Å²) in [6, 6.07) is 0. The molecule has 0 radical (unpaired) electrons. The van der Waals surface area contributed by atoms with Gasteiger partial charge in [-0.3, -0.25) is 9.36 Å². The quantitative estimate of drug-likeness (QED) is 0.678. The monoisotopic (exact) mass is 314 g/mol. The van der Waals surface area contributed by atoms with E-state index in [-0.39, 0.29) is 5.56 Å². The van der Waals surface area contributed by atoms with Crippen molar-refractivity contribution in [2.45, 2.75) is 65.3 Å². The van der Waals surface area contributed by atoms with Crippen LogP contribution in [0.3, 0.4) is 0 Å². The summed E-state index contributed by atoms with van der Waals surface area (Å²) in [4.78, 5) is 16.1. The molecule has 1 aromatic heterocycles. The molecule has 0 bridgehead atoms. The normalized spacial score (nSPS) is 10.8. The van der Waals surface area contributed by atoms with Crippen LogP contribution in [0.1, 0.15) is 57.7 Å². The van der Waals surface area contributed by atoms with Crippen molar-refractivity contribution in [3.8, 4) is 0 Å². The van der Waals surface area contributed by atoms with Gasteiger partial charge in [-0.15, -0.1) is 0 Å². The molecule has 0 aliphatic carbocycles. The lowest BCUT2D eigenvalue weighted by atomic mass is 10.1. The van der Waals surface area contributed by atoms with E-state index in [1.165, 1.54) is 38.5 Å². The average molecular weight is 315 g/mol. The molecule has 0 atom stereocenters. The maximum absolute atomic E-state index is 11.9. The molecule has 1 rings (SSSR count). The predicted octanol–water partition coefficient (Wildman–Crippen LogP) is 4.06. The molecule has 0 saturated heterocycles. The van der Waals surface area contributed by atoms with E-state index >= 15 is 0 Å². The minimum atomic E-state index is 0.0356. The van der Waals surface area contributed by atoms with E-state index in [4.69, 9.17) is 0 Å². The van der Waals surface area contributed by atoms with Crippen molar-refractivity contribution in [3.05, 3.63) is 26.8 Å². The topological polar surface area (TPSA) is 34.9 Å². The largest absolute Gasteiger partial charge is 0.296 e. The second-order valence-electron chi connectivity index (χ2n) is 4.73. The second kappa shape index (κ2) is 8.46. The number of nitrogens with zero attached hydrogens (tertiary/aromatic N) is 2. The molecule has 0 saturated carbocycles. The van der Waals surface area contributed by atoms with Gasteiger partial charge in [-0.1, -0.05) is 45.4 Å². The Hall–Kier alpha value is -0.640. The van der Waals surface area contributed by atoms with Crippen LogP contribution in [0.15, 0.2) is 15.5 Å². The van der Waals surface area contributed by atoms with E-state index in [9.17, 15) is 4.79 Å². The number of halogens is 1. The SMILES string of the molecule is CCCCCCCCCn1c(C)ncc(Br)c1=O. The van der Waals surface area contributed by atoms with Crippen LogP contribution in [0.5, 0.6) is 0 Å². The number of hydrogen-bond acceptors (Lipinski definition) is 2. The number of aryl methyl sites for hydroxylation is 1. The molecule has 1 aromatic rings. The number of unbranched alkanes of at least 4 members (excludes halogenated alkanes) is 6. The summed E-state index contributed by atoms with van der Waals surface area (Å²) < 4.78 is 2.31. The van der Waals surface area contributed by atoms with Crippen LogP contribution in [0.2, 0.25) is 0 Å². The molecule has 18 heavy (non-hydrogen) atoms. The van der Waals surface area contributed by atoms with Crippen molar-refractivity contribution < 1.29 is 0 Å². The zero-order valence-electron chi connectivity index (χ0n) is 11.4. The van der Waals surface area contributed by atoms with Crippen LogP contribution in [-0.4, -0.2) is 9.55 Å². The summed E-state index contributed by atoms with van der Waals surface area (Å²) in [7, 11) is 0. The molecule has 102 valence electrons. The molecule has 0 unspecified atom stereocenters. The Morgan fingerprint density at radius 3 is 2.44 bits per heavy atom. The fourth-order valence-corrected chi connectivity index (χ4v) is 2.36. The van der Waals surface area contributed by atoms with Crippen LogP contribution in [0.25, 0.3) is 0 Å². The van der Waals surface area contributed by atoms with E-state index < -0.39 is 0 Å². The predicted molar refractivity (Wildman–Crippen MR) is 78.9 cm³/mol. The summed E-state index contributed by atoms with van der Waals surface area (Å²) in [6.45, 7) is 4.90. The van der Waals surface area contributed by atoms with Gasteiger partial charge in [0.05, 0.1) is 0 Å². The van der Waals surface area contributed by atoms with E-state index in [1.807, 2.05) is 6.92 Å². The summed E-state index contributed by atoms with van der Waals surface area (Å²) >= 11 is 3.24. The van der Waals surface area contributed by atoms with E-state index in [0.29, 0.717) is 4.47 Å². The highest BCUT2D eigenvalue weighted by molar-refractivity contribution is 9.10. The van der Waals surface area contributed by atoms with Crippen LogP contribution >= 0.6 is 15.9 Å². The van der Waals surface area contributed by atoms with Crippen molar-refractivity contribution in [3.63, 3.8) is 0 Å². The van der Waals surface area contributed by atoms with Crippen molar-refractivity contribution in [2.24, 2.45) is 0 Å². The molecule has 4 heteroatoms. The second-order valence-corrected chi connectivity index (χ2v) is 5.59. The summed E-state index contributed by atoms with van der Waals surface area (Å²) in [5.41, 5.74) is 0.0356.